The van der Waals surface area contributed by atoms with Gasteiger partial charge in [-0.3, -0.25) is 13.9 Å². The number of amides is 2. The molecule has 1 aliphatic carbocycles. The summed E-state index contributed by atoms with van der Waals surface area (Å²) < 4.78 is 30.0. The number of carbonyl (C=O) groups is 2. The Morgan fingerprint density at radius 2 is 1.35 bits per heavy atom. The van der Waals surface area contributed by atoms with E-state index in [4.69, 9.17) is 0 Å². The average Bonchev–Trinajstić information content (AvgIpc) is 3.08. The van der Waals surface area contributed by atoms with Crippen molar-refractivity contribution >= 4 is 27.5 Å². The molecule has 1 fully saturated rings. The molecule has 2 amide bonds. The molecule has 0 aliphatic heterocycles. The molecule has 0 aromatic heterocycles. The van der Waals surface area contributed by atoms with Gasteiger partial charge in [-0.15, -0.1) is 0 Å². The fourth-order valence-electron chi connectivity index (χ4n) is 6.33. The van der Waals surface area contributed by atoms with Crippen molar-refractivity contribution < 1.29 is 18.0 Å². The van der Waals surface area contributed by atoms with Gasteiger partial charge in [0.1, 0.15) is 12.6 Å². The Morgan fingerprint density at radius 3 is 2.00 bits per heavy atom. The number of hydrogen-bond acceptors (Lipinski definition) is 4. The molecule has 0 saturated heterocycles. The fraction of sp³-hybridized carbons (Fsp3) is 0.350. The largest absolute Gasteiger partial charge is 0.352 e. The van der Waals surface area contributed by atoms with E-state index in [1.165, 1.54) is 4.31 Å². The molecule has 1 saturated carbocycles. The minimum atomic E-state index is -4.16. The van der Waals surface area contributed by atoms with Gasteiger partial charge in [0.25, 0.3) is 10.0 Å². The maximum absolute atomic E-state index is 14.8. The number of aryl methyl sites for hydroxylation is 4. The summed E-state index contributed by atoms with van der Waals surface area (Å²) in [5.74, 6) is -0.669. The molecule has 1 atom stereocenters. The van der Waals surface area contributed by atoms with Crippen LogP contribution in [0, 0.1) is 27.7 Å². The van der Waals surface area contributed by atoms with Crippen molar-refractivity contribution in [3.63, 3.8) is 0 Å². The molecule has 0 unspecified atom stereocenters. The number of benzene rings is 4. The first kappa shape index (κ1) is 34.9. The van der Waals surface area contributed by atoms with E-state index in [2.05, 4.69) is 5.32 Å². The Bertz CT molecular complexity index is 1800. The van der Waals surface area contributed by atoms with Crippen LogP contribution in [-0.2, 0) is 32.6 Å². The molecule has 5 rings (SSSR count). The molecular weight excluding hydrogens is 619 g/mol. The summed E-state index contributed by atoms with van der Waals surface area (Å²) in [7, 11) is -4.16. The zero-order chi connectivity index (χ0) is 34.3. The Balaban J connectivity index is 1.58. The molecule has 0 spiro atoms. The van der Waals surface area contributed by atoms with Gasteiger partial charge in [-0.25, -0.2) is 8.42 Å². The van der Waals surface area contributed by atoms with Crippen LogP contribution in [0.15, 0.2) is 102 Å². The van der Waals surface area contributed by atoms with Crippen LogP contribution in [0.25, 0.3) is 0 Å². The number of carbonyl (C=O) groups excluding carboxylic acids is 2. The lowest BCUT2D eigenvalue weighted by Gasteiger charge is -2.35. The minimum absolute atomic E-state index is 0.0502. The lowest BCUT2D eigenvalue weighted by Crippen LogP contribution is -2.55. The quantitative estimate of drug-likeness (QED) is 0.173. The van der Waals surface area contributed by atoms with Crippen LogP contribution in [0.4, 0.5) is 5.69 Å². The maximum Gasteiger partial charge on any atom is 0.264 e. The lowest BCUT2D eigenvalue weighted by molar-refractivity contribution is -0.140. The molecule has 1 N–H and O–H groups in total. The van der Waals surface area contributed by atoms with Crippen LogP contribution in [0.1, 0.15) is 65.5 Å². The molecule has 4 aromatic rings. The second kappa shape index (κ2) is 15.6. The first-order valence-electron chi connectivity index (χ1n) is 16.9. The zero-order valence-electron chi connectivity index (χ0n) is 28.5. The topological polar surface area (TPSA) is 86.8 Å². The highest BCUT2D eigenvalue weighted by Crippen LogP contribution is 2.29. The molecule has 48 heavy (non-hydrogen) atoms. The summed E-state index contributed by atoms with van der Waals surface area (Å²) in [6, 6.07) is 29.0. The summed E-state index contributed by atoms with van der Waals surface area (Å²) in [5.41, 5.74) is 5.82. The van der Waals surface area contributed by atoms with Gasteiger partial charge < -0.3 is 10.2 Å². The predicted octanol–water partition coefficient (Wildman–Crippen LogP) is 7.20. The van der Waals surface area contributed by atoms with Gasteiger partial charge in [0.2, 0.25) is 11.8 Å². The standard InChI is InChI=1S/C40H47N3O4S/c1-29-16-21-34(22-17-29)27-42(38(26-33-11-7-5-8-12-33)40(45)41-35-13-9-6-10-14-35)39(44)28-43(37-25-31(3)15-20-32(37)4)48(46,47)36-23-18-30(2)19-24-36/h5,7-8,11-12,15-25,35,38H,6,9-10,13-14,26-28H2,1-4H3,(H,41,45)/t38-/m0/s1. The summed E-state index contributed by atoms with van der Waals surface area (Å²) in [5, 5.41) is 3.27. The van der Waals surface area contributed by atoms with E-state index in [9.17, 15) is 18.0 Å². The Labute approximate surface area is 286 Å². The third-order valence-electron chi connectivity index (χ3n) is 9.22. The molecule has 0 heterocycles. The van der Waals surface area contributed by atoms with Crippen molar-refractivity contribution in [2.45, 2.75) is 89.7 Å². The van der Waals surface area contributed by atoms with Gasteiger partial charge in [0.05, 0.1) is 10.6 Å². The van der Waals surface area contributed by atoms with Crippen LogP contribution >= 0.6 is 0 Å². The predicted molar refractivity (Wildman–Crippen MR) is 192 cm³/mol. The molecule has 252 valence electrons. The Morgan fingerprint density at radius 1 is 0.750 bits per heavy atom. The van der Waals surface area contributed by atoms with Gasteiger partial charge in [-0.05, 0) is 81.0 Å². The zero-order valence-corrected chi connectivity index (χ0v) is 29.3. The highest BCUT2D eigenvalue weighted by molar-refractivity contribution is 7.92. The molecule has 0 bridgehead atoms. The second-order valence-corrected chi connectivity index (χ2v) is 15.0. The molecule has 7 nitrogen and oxygen atoms in total. The van der Waals surface area contributed by atoms with E-state index in [0.29, 0.717) is 12.1 Å². The van der Waals surface area contributed by atoms with Crippen molar-refractivity contribution in [3.05, 3.63) is 130 Å². The Kier molecular flexibility index (Phi) is 11.4. The number of sulfonamides is 1. The molecule has 0 radical (unpaired) electrons. The minimum Gasteiger partial charge on any atom is -0.352 e. The third kappa shape index (κ3) is 8.72. The van der Waals surface area contributed by atoms with Crippen molar-refractivity contribution in [2.24, 2.45) is 0 Å². The van der Waals surface area contributed by atoms with Crippen LogP contribution in [-0.4, -0.2) is 43.8 Å². The molecule has 4 aromatic carbocycles. The van der Waals surface area contributed by atoms with Crippen LogP contribution in [0.3, 0.4) is 0 Å². The smallest absolute Gasteiger partial charge is 0.264 e. The molecule has 8 heteroatoms. The van der Waals surface area contributed by atoms with Crippen molar-refractivity contribution in [1.29, 1.82) is 0 Å². The fourth-order valence-corrected chi connectivity index (χ4v) is 7.80. The number of rotatable bonds is 12. The highest BCUT2D eigenvalue weighted by Gasteiger charge is 2.36. The van der Waals surface area contributed by atoms with E-state index in [0.717, 1.165) is 65.5 Å². The van der Waals surface area contributed by atoms with Crippen LogP contribution < -0.4 is 9.62 Å². The van der Waals surface area contributed by atoms with Gasteiger partial charge in [0.15, 0.2) is 0 Å². The summed E-state index contributed by atoms with van der Waals surface area (Å²) in [6.45, 7) is 7.33. The van der Waals surface area contributed by atoms with E-state index >= 15 is 0 Å². The van der Waals surface area contributed by atoms with Crippen LogP contribution in [0.2, 0.25) is 0 Å². The monoisotopic (exact) mass is 665 g/mol. The summed E-state index contributed by atoms with van der Waals surface area (Å²) in [6.07, 6.45) is 5.38. The number of nitrogens with one attached hydrogen (secondary N) is 1. The lowest BCUT2D eigenvalue weighted by atomic mass is 9.94. The van der Waals surface area contributed by atoms with Crippen molar-refractivity contribution in [3.8, 4) is 0 Å². The summed E-state index contributed by atoms with van der Waals surface area (Å²) in [4.78, 5) is 30.8. The maximum atomic E-state index is 14.8. The molecule has 1 aliphatic rings. The van der Waals surface area contributed by atoms with Gasteiger partial charge in [-0.2, -0.15) is 0 Å². The number of anilines is 1. The first-order valence-corrected chi connectivity index (χ1v) is 18.3. The second-order valence-electron chi connectivity index (χ2n) is 13.2. The van der Waals surface area contributed by atoms with E-state index in [1.54, 1.807) is 35.2 Å². The SMILES string of the molecule is Cc1ccc(CN(C(=O)CN(c2cc(C)ccc2C)S(=O)(=O)c2ccc(C)cc2)[C@@H](Cc2ccccc2)C(=O)NC2CCCCC2)cc1. The normalized spacial score (nSPS) is 14.2. The first-order chi connectivity index (χ1) is 23.0. The van der Waals surface area contributed by atoms with Gasteiger partial charge in [-0.1, -0.05) is 109 Å². The van der Waals surface area contributed by atoms with E-state index in [1.807, 2.05) is 94.4 Å². The van der Waals surface area contributed by atoms with Crippen molar-refractivity contribution in [2.75, 3.05) is 10.8 Å². The number of nitrogens with zero attached hydrogens (tertiary/aromatic N) is 2. The Hall–Kier alpha value is -4.43. The van der Waals surface area contributed by atoms with E-state index in [-0.39, 0.29) is 23.4 Å². The highest BCUT2D eigenvalue weighted by atomic mass is 32.2. The van der Waals surface area contributed by atoms with Crippen molar-refractivity contribution in [1.82, 2.24) is 10.2 Å². The van der Waals surface area contributed by atoms with Gasteiger partial charge in [0, 0.05) is 19.0 Å². The number of hydrogen-bond donors (Lipinski definition) is 1. The third-order valence-corrected chi connectivity index (χ3v) is 11.0. The van der Waals surface area contributed by atoms with E-state index < -0.39 is 28.5 Å². The van der Waals surface area contributed by atoms with Crippen LogP contribution in [0.5, 0.6) is 0 Å². The van der Waals surface area contributed by atoms with Gasteiger partial charge >= 0.3 is 0 Å². The summed E-state index contributed by atoms with van der Waals surface area (Å²) >= 11 is 0. The average molecular weight is 666 g/mol. The molecular formula is C40H47N3O4S.